The number of nitrogens with zero attached hydrogens (tertiary/aromatic N) is 2. The zero-order valence-corrected chi connectivity index (χ0v) is 11.7. The van der Waals surface area contributed by atoms with Gasteiger partial charge in [0.25, 0.3) is 5.91 Å². The Kier molecular flexibility index (Phi) is 4.08. The van der Waals surface area contributed by atoms with E-state index in [1.807, 2.05) is 32.9 Å². The van der Waals surface area contributed by atoms with E-state index in [0.29, 0.717) is 5.69 Å². The number of pyridine rings is 1. The summed E-state index contributed by atoms with van der Waals surface area (Å²) in [6, 6.07) is 5.48. The highest BCUT2D eigenvalue weighted by Crippen LogP contribution is 2.17. The second-order valence-corrected chi connectivity index (χ2v) is 5.04. The van der Waals surface area contributed by atoms with Crippen LogP contribution in [0.25, 0.3) is 0 Å². The highest BCUT2D eigenvalue weighted by atomic mass is 79.9. The van der Waals surface area contributed by atoms with E-state index in [1.165, 1.54) is 0 Å². The number of amides is 1. The Morgan fingerprint density at radius 2 is 2.12 bits per heavy atom. The molecule has 1 aromatic rings. The van der Waals surface area contributed by atoms with Crippen molar-refractivity contribution in [1.29, 1.82) is 0 Å². The number of hydrogen-bond donors (Lipinski definition) is 0. The van der Waals surface area contributed by atoms with Crippen LogP contribution in [0, 0.1) is 6.92 Å². The average molecular weight is 285 g/mol. The first-order valence-electron chi connectivity index (χ1n) is 5.16. The Hall–Kier alpha value is -0.900. The minimum absolute atomic E-state index is 0.0480. The molecule has 88 valence electrons. The fourth-order valence-corrected chi connectivity index (χ4v) is 1.57. The van der Waals surface area contributed by atoms with Crippen LogP contribution in [0.1, 0.15) is 30.0 Å². The van der Waals surface area contributed by atoms with Gasteiger partial charge in [-0.3, -0.25) is 4.79 Å². The lowest BCUT2D eigenvalue weighted by Crippen LogP contribution is -2.46. The smallest absolute Gasteiger partial charge is 0.272 e. The Balaban J connectivity index is 2.95. The van der Waals surface area contributed by atoms with Crippen molar-refractivity contribution >= 4 is 21.8 Å². The van der Waals surface area contributed by atoms with Gasteiger partial charge in [-0.2, -0.15) is 0 Å². The van der Waals surface area contributed by atoms with Gasteiger partial charge >= 0.3 is 0 Å². The summed E-state index contributed by atoms with van der Waals surface area (Å²) >= 11 is 3.41. The number of carbonyl (C=O) groups is 1. The summed E-state index contributed by atoms with van der Waals surface area (Å²) < 4.78 is 0. The monoisotopic (exact) mass is 284 g/mol. The number of hydrogen-bond acceptors (Lipinski definition) is 2. The van der Waals surface area contributed by atoms with Crippen molar-refractivity contribution in [3.63, 3.8) is 0 Å². The molecule has 4 heteroatoms. The number of rotatable bonds is 3. The van der Waals surface area contributed by atoms with Crippen LogP contribution in [0.15, 0.2) is 18.2 Å². The molecular weight excluding hydrogens is 268 g/mol. The SMILES string of the molecule is Cc1cccc(C(=O)N(C)C(C)(C)CBr)n1. The molecule has 1 amide bonds. The molecule has 1 rings (SSSR count). The third kappa shape index (κ3) is 2.82. The van der Waals surface area contributed by atoms with E-state index < -0.39 is 0 Å². The van der Waals surface area contributed by atoms with Gasteiger partial charge in [0.05, 0.1) is 0 Å². The van der Waals surface area contributed by atoms with Crippen molar-refractivity contribution in [3.8, 4) is 0 Å². The van der Waals surface area contributed by atoms with E-state index in [-0.39, 0.29) is 11.4 Å². The number of carbonyl (C=O) groups excluding carboxylic acids is 1. The second-order valence-electron chi connectivity index (χ2n) is 4.47. The van der Waals surface area contributed by atoms with Gasteiger partial charge in [-0.15, -0.1) is 0 Å². The van der Waals surface area contributed by atoms with Crippen LogP contribution in [0.2, 0.25) is 0 Å². The molecule has 0 spiro atoms. The zero-order valence-electron chi connectivity index (χ0n) is 10.1. The third-order valence-corrected chi connectivity index (χ3v) is 4.02. The quantitative estimate of drug-likeness (QED) is 0.800. The Bertz CT molecular complexity index is 390. The normalized spacial score (nSPS) is 11.3. The van der Waals surface area contributed by atoms with Crippen molar-refractivity contribution in [2.45, 2.75) is 26.3 Å². The molecule has 0 aromatic carbocycles. The topological polar surface area (TPSA) is 33.2 Å². The van der Waals surface area contributed by atoms with Gasteiger partial charge in [0.15, 0.2) is 0 Å². The van der Waals surface area contributed by atoms with Crippen LogP contribution in [0.5, 0.6) is 0 Å². The maximum absolute atomic E-state index is 12.1. The lowest BCUT2D eigenvalue weighted by atomic mass is 10.1. The molecule has 0 N–H and O–H groups in total. The van der Waals surface area contributed by atoms with E-state index in [0.717, 1.165) is 11.0 Å². The summed E-state index contributed by atoms with van der Waals surface area (Å²) in [7, 11) is 1.80. The first-order chi connectivity index (χ1) is 7.38. The van der Waals surface area contributed by atoms with E-state index >= 15 is 0 Å². The molecular formula is C12H17BrN2O. The molecule has 0 atom stereocenters. The van der Waals surface area contributed by atoms with Crippen molar-refractivity contribution in [1.82, 2.24) is 9.88 Å². The summed E-state index contributed by atoms with van der Waals surface area (Å²) in [4.78, 5) is 18.1. The molecule has 0 saturated heterocycles. The number of aryl methyl sites for hydroxylation is 1. The number of alkyl halides is 1. The van der Waals surface area contributed by atoms with E-state index in [9.17, 15) is 4.79 Å². The summed E-state index contributed by atoms with van der Waals surface area (Å²) in [5.41, 5.74) is 1.13. The molecule has 0 bridgehead atoms. The van der Waals surface area contributed by atoms with Crippen LogP contribution in [0.4, 0.5) is 0 Å². The molecule has 0 unspecified atom stereocenters. The maximum Gasteiger partial charge on any atom is 0.272 e. The van der Waals surface area contributed by atoms with E-state index in [1.54, 1.807) is 18.0 Å². The fourth-order valence-electron chi connectivity index (χ4n) is 1.20. The van der Waals surface area contributed by atoms with Gasteiger partial charge in [-0.1, -0.05) is 22.0 Å². The minimum Gasteiger partial charge on any atom is -0.334 e. The Labute approximate surface area is 105 Å². The summed E-state index contributed by atoms with van der Waals surface area (Å²) in [5, 5.41) is 0.730. The number of halogens is 1. The fraction of sp³-hybridized carbons (Fsp3) is 0.500. The van der Waals surface area contributed by atoms with Gasteiger partial charge in [-0.25, -0.2) is 4.98 Å². The van der Waals surface area contributed by atoms with Gasteiger partial charge in [0.1, 0.15) is 5.69 Å². The Morgan fingerprint density at radius 3 is 2.62 bits per heavy atom. The van der Waals surface area contributed by atoms with E-state index in [4.69, 9.17) is 0 Å². The molecule has 3 nitrogen and oxygen atoms in total. The van der Waals surface area contributed by atoms with Crippen LogP contribution in [-0.4, -0.2) is 33.7 Å². The maximum atomic E-state index is 12.1. The molecule has 0 fully saturated rings. The predicted octanol–water partition coefficient (Wildman–Crippen LogP) is 2.64. The molecule has 0 aliphatic carbocycles. The largest absolute Gasteiger partial charge is 0.334 e. The number of aromatic nitrogens is 1. The van der Waals surface area contributed by atoms with Gasteiger partial charge in [0.2, 0.25) is 0 Å². The molecule has 0 radical (unpaired) electrons. The van der Waals surface area contributed by atoms with Gasteiger partial charge < -0.3 is 4.90 Å². The second kappa shape index (κ2) is 4.95. The molecule has 0 aliphatic heterocycles. The van der Waals surface area contributed by atoms with Crippen LogP contribution in [-0.2, 0) is 0 Å². The first-order valence-corrected chi connectivity index (χ1v) is 6.28. The van der Waals surface area contributed by atoms with Crippen molar-refractivity contribution < 1.29 is 4.79 Å². The molecule has 1 heterocycles. The Morgan fingerprint density at radius 1 is 1.50 bits per heavy atom. The average Bonchev–Trinajstić information content (AvgIpc) is 2.27. The minimum atomic E-state index is -0.220. The zero-order chi connectivity index (χ0) is 12.3. The van der Waals surface area contributed by atoms with Crippen molar-refractivity contribution in [2.75, 3.05) is 12.4 Å². The van der Waals surface area contributed by atoms with Gasteiger partial charge in [-0.05, 0) is 32.9 Å². The van der Waals surface area contributed by atoms with Gasteiger partial charge in [0, 0.05) is 23.6 Å². The molecule has 1 aromatic heterocycles. The highest BCUT2D eigenvalue weighted by molar-refractivity contribution is 9.09. The van der Waals surface area contributed by atoms with Crippen LogP contribution in [0.3, 0.4) is 0 Å². The highest BCUT2D eigenvalue weighted by Gasteiger charge is 2.27. The van der Waals surface area contributed by atoms with Crippen LogP contribution >= 0.6 is 15.9 Å². The van der Waals surface area contributed by atoms with Crippen molar-refractivity contribution in [2.24, 2.45) is 0 Å². The van der Waals surface area contributed by atoms with Crippen LogP contribution < -0.4 is 0 Å². The third-order valence-electron chi connectivity index (χ3n) is 2.65. The summed E-state index contributed by atoms with van der Waals surface area (Å²) in [6.45, 7) is 5.90. The summed E-state index contributed by atoms with van der Waals surface area (Å²) in [6.07, 6.45) is 0. The first kappa shape index (κ1) is 13.2. The molecule has 16 heavy (non-hydrogen) atoms. The lowest BCUT2D eigenvalue weighted by molar-refractivity contribution is 0.0657. The summed E-state index contributed by atoms with van der Waals surface area (Å²) in [5.74, 6) is -0.0480. The molecule has 0 saturated carbocycles. The predicted molar refractivity (Wildman–Crippen MR) is 68.9 cm³/mol. The molecule has 0 aliphatic rings. The standard InChI is InChI=1S/C12H17BrN2O/c1-9-6-5-7-10(14-9)11(16)15(4)12(2,3)8-13/h5-7H,8H2,1-4H3. The lowest BCUT2D eigenvalue weighted by Gasteiger charge is -2.33. The van der Waals surface area contributed by atoms with Crippen molar-refractivity contribution in [3.05, 3.63) is 29.6 Å². The van der Waals surface area contributed by atoms with E-state index in [2.05, 4.69) is 20.9 Å².